The van der Waals surface area contributed by atoms with Crippen molar-refractivity contribution >= 4 is 16.2 Å². The molecule has 0 amide bonds. The molecule has 0 heterocycles. The summed E-state index contributed by atoms with van der Waals surface area (Å²) in [6.45, 7) is 5.38. The molecule has 0 aliphatic heterocycles. The van der Waals surface area contributed by atoms with Gasteiger partial charge in [0.25, 0.3) is 10.2 Å². The molecular formula is C9H20N2O4S. The fourth-order valence-electron chi connectivity index (χ4n) is 0.873. The van der Waals surface area contributed by atoms with Crippen molar-refractivity contribution in [1.29, 1.82) is 0 Å². The van der Waals surface area contributed by atoms with E-state index in [4.69, 9.17) is 5.11 Å². The summed E-state index contributed by atoms with van der Waals surface area (Å²) in [4.78, 5) is 10.3. The minimum absolute atomic E-state index is 0.0372. The van der Waals surface area contributed by atoms with Crippen molar-refractivity contribution in [1.82, 2.24) is 9.03 Å². The van der Waals surface area contributed by atoms with Gasteiger partial charge in [-0.3, -0.25) is 4.79 Å². The van der Waals surface area contributed by atoms with Crippen LogP contribution in [0.25, 0.3) is 0 Å². The van der Waals surface area contributed by atoms with Crippen LogP contribution in [0.15, 0.2) is 0 Å². The second-order valence-corrected chi connectivity index (χ2v) is 6.09. The zero-order chi connectivity index (χ0) is 13.0. The summed E-state index contributed by atoms with van der Waals surface area (Å²) in [5.74, 6) is -1.02. The van der Waals surface area contributed by atoms with Crippen LogP contribution >= 0.6 is 0 Å². The number of hydrogen-bond acceptors (Lipinski definition) is 3. The SMILES string of the molecule is CCC(C)(C)NS(=O)(=O)N(C)CCC(=O)O. The maximum absolute atomic E-state index is 11.7. The Labute approximate surface area is 96.8 Å². The van der Waals surface area contributed by atoms with Gasteiger partial charge >= 0.3 is 5.97 Å². The van der Waals surface area contributed by atoms with Gasteiger partial charge < -0.3 is 5.11 Å². The monoisotopic (exact) mass is 252 g/mol. The zero-order valence-electron chi connectivity index (χ0n) is 10.1. The molecule has 0 aliphatic rings. The van der Waals surface area contributed by atoms with Crippen LogP contribution in [-0.2, 0) is 15.0 Å². The highest BCUT2D eigenvalue weighted by molar-refractivity contribution is 7.87. The first-order valence-electron chi connectivity index (χ1n) is 5.08. The second kappa shape index (κ2) is 5.60. The van der Waals surface area contributed by atoms with Gasteiger partial charge in [0, 0.05) is 19.1 Å². The molecule has 0 radical (unpaired) electrons. The Morgan fingerprint density at radius 1 is 1.44 bits per heavy atom. The molecule has 6 nitrogen and oxygen atoms in total. The van der Waals surface area contributed by atoms with Gasteiger partial charge in [0.2, 0.25) is 0 Å². The number of carboxylic acids is 1. The Bertz CT molecular complexity index is 337. The number of rotatable bonds is 7. The number of nitrogens with one attached hydrogen (secondary N) is 1. The van der Waals surface area contributed by atoms with Crippen molar-refractivity contribution in [2.24, 2.45) is 0 Å². The highest BCUT2D eigenvalue weighted by Crippen LogP contribution is 2.10. The maximum atomic E-state index is 11.7. The third-order valence-electron chi connectivity index (χ3n) is 2.34. The summed E-state index contributed by atoms with van der Waals surface area (Å²) >= 11 is 0. The fourth-order valence-corrected chi connectivity index (χ4v) is 2.20. The zero-order valence-corrected chi connectivity index (χ0v) is 11.0. The largest absolute Gasteiger partial charge is 0.481 e. The first-order valence-corrected chi connectivity index (χ1v) is 6.52. The van der Waals surface area contributed by atoms with Gasteiger partial charge in [0.05, 0.1) is 6.42 Å². The van der Waals surface area contributed by atoms with Gasteiger partial charge in [-0.25, -0.2) is 0 Å². The van der Waals surface area contributed by atoms with Crippen LogP contribution < -0.4 is 4.72 Å². The minimum atomic E-state index is -3.61. The molecule has 2 N–H and O–H groups in total. The van der Waals surface area contributed by atoms with E-state index in [0.717, 1.165) is 4.31 Å². The maximum Gasteiger partial charge on any atom is 0.304 e. The molecule has 0 saturated heterocycles. The summed E-state index contributed by atoms with van der Waals surface area (Å²) in [6, 6.07) is 0. The normalized spacial score (nSPS) is 13.1. The van der Waals surface area contributed by atoms with Crippen molar-refractivity contribution < 1.29 is 18.3 Å². The lowest BCUT2D eigenvalue weighted by Gasteiger charge is -2.27. The molecular weight excluding hydrogens is 232 g/mol. The molecule has 0 aromatic rings. The van der Waals surface area contributed by atoms with E-state index in [1.165, 1.54) is 7.05 Å². The molecule has 16 heavy (non-hydrogen) atoms. The topological polar surface area (TPSA) is 86.7 Å². The number of hydrogen-bond donors (Lipinski definition) is 2. The van der Waals surface area contributed by atoms with Gasteiger partial charge in [0.15, 0.2) is 0 Å². The van der Waals surface area contributed by atoms with Gasteiger partial charge in [-0.2, -0.15) is 17.4 Å². The summed E-state index contributed by atoms with van der Waals surface area (Å²) in [5.41, 5.74) is -0.531. The molecule has 96 valence electrons. The van der Waals surface area contributed by atoms with Crippen molar-refractivity contribution in [3.63, 3.8) is 0 Å². The number of carboxylic acid groups (broad SMARTS) is 1. The standard InChI is InChI=1S/C9H20N2O4S/c1-5-9(2,3)10-16(14,15)11(4)7-6-8(12)13/h10H,5-7H2,1-4H3,(H,12,13). The summed E-state index contributed by atoms with van der Waals surface area (Å²) in [6.07, 6.45) is 0.447. The van der Waals surface area contributed by atoms with E-state index >= 15 is 0 Å². The Morgan fingerprint density at radius 2 is 1.94 bits per heavy atom. The van der Waals surface area contributed by atoms with E-state index in [9.17, 15) is 13.2 Å². The Hall–Kier alpha value is -0.660. The molecule has 0 atom stereocenters. The molecule has 0 unspecified atom stereocenters. The molecule has 0 fully saturated rings. The third kappa shape index (κ3) is 5.43. The molecule has 0 spiro atoms. The molecule has 0 aromatic carbocycles. The molecule has 0 aromatic heterocycles. The van der Waals surface area contributed by atoms with E-state index in [1.54, 1.807) is 13.8 Å². The van der Waals surface area contributed by atoms with Crippen LogP contribution in [-0.4, -0.2) is 42.9 Å². The van der Waals surface area contributed by atoms with E-state index in [0.29, 0.717) is 6.42 Å². The minimum Gasteiger partial charge on any atom is -0.481 e. The molecule has 7 heteroatoms. The summed E-state index contributed by atoms with van der Waals surface area (Å²) in [5, 5.41) is 8.46. The van der Waals surface area contributed by atoms with Crippen molar-refractivity contribution in [2.75, 3.05) is 13.6 Å². The predicted octanol–water partition coefficient (Wildman–Crippen LogP) is 0.416. The van der Waals surface area contributed by atoms with Crippen molar-refractivity contribution in [2.45, 2.75) is 39.2 Å². The van der Waals surface area contributed by atoms with Crippen LogP contribution in [0.4, 0.5) is 0 Å². The van der Waals surface area contributed by atoms with E-state index in [1.807, 2.05) is 6.92 Å². The third-order valence-corrected chi connectivity index (χ3v) is 4.15. The van der Waals surface area contributed by atoms with Crippen molar-refractivity contribution in [3.8, 4) is 0 Å². The Morgan fingerprint density at radius 3 is 2.31 bits per heavy atom. The average Bonchev–Trinajstić information content (AvgIpc) is 2.12. The predicted molar refractivity (Wildman–Crippen MR) is 61.3 cm³/mol. The highest BCUT2D eigenvalue weighted by atomic mass is 32.2. The smallest absolute Gasteiger partial charge is 0.304 e. The Kier molecular flexibility index (Phi) is 5.37. The quantitative estimate of drug-likeness (QED) is 0.687. The molecule has 0 bridgehead atoms. The van der Waals surface area contributed by atoms with Gasteiger partial charge in [-0.05, 0) is 20.3 Å². The summed E-state index contributed by atoms with van der Waals surface area (Å²) < 4.78 is 27.0. The van der Waals surface area contributed by atoms with Crippen LogP contribution in [0.1, 0.15) is 33.6 Å². The van der Waals surface area contributed by atoms with Crippen LogP contribution in [0.5, 0.6) is 0 Å². The average molecular weight is 252 g/mol. The van der Waals surface area contributed by atoms with Crippen LogP contribution in [0, 0.1) is 0 Å². The van der Waals surface area contributed by atoms with Crippen molar-refractivity contribution in [3.05, 3.63) is 0 Å². The first-order chi connectivity index (χ1) is 7.10. The van der Waals surface area contributed by atoms with E-state index in [-0.39, 0.29) is 13.0 Å². The molecule has 0 aliphatic carbocycles. The van der Waals surface area contributed by atoms with Gasteiger partial charge in [-0.1, -0.05) is 6.92 Å². The lowest BCUT2D eigenvalue weighted by molar-refractivity contribution is -0.137. The van der Waals surface area contributed by atoms with Gasteiger partial charge in [-0.15, -0.1) is 0 Å². The van der Waals surface area contributed by atoms with E-state index < -0.39 is 21.7 Å². The fraction of sp³-hybridized carbons (Fsp3) is 0.889. The summed E-state index contributed by atoms with van der Waals surface area (Å²) in [7, 11) is -2.25. The molecule has 0 saturated carbocycles. The Balaban J connectivity index is 4.49. The first kappa shape index (κ1) is 15.3. The van der Waals surface area contributed by atoms with E-state index in [2.05, 4.69) is 4.72 Å². The second-order valence-electron chi connectivity index (χ2n) is 4.31. The number of carbonyl (C=O) groups is 1. The van der Waals surface area contributed by atoms with Crippen LogP contribution in [0.2, 0.25) is 0 Å². The van der Waals surface area contributed by atoms with Gasteiger partial charge in [0.1, 0.15) is 0 Å². The highest BCUT2D eigenvalue weighted by Gasteiger charge is 2.26. The van der Waals surface area contributed by atoms with Crippen LogP contribution in [0.3, 0.4) is 0 Å². The lowest BCUT2D eigenvalue weighted by atomic mass is 10.0. The lowest BCUT2D eigenvalue weighted by Crippen LogP contribution is -2.49. The number of aliphatic carboxylic acids is 1. The molecule has 0 rings (SSSR count). The number of nitrogens with zero attached hydrogens (tertiary/aromatic N) is 1.